The van der Waals surface area contributed by atoms with Crippen LogP contribution in [0, 0.1) is 11.3 Å². The molecule has 54 valence electrons. The lowest BCUT2D eigenvalue weighted by Gasteiger charge is -1.89. The molecule has 0 amide bonds. The molecular formula is C6H2BrN3O. The maximum absolute atomic E-state index is 10.6. The van der Waals surface area contributed by atoms with Crippen LogP contribution in [0.15, 0.2) is 16.9 Å². The highest BCUT2D eigenvalue weighted by atomic mass is 79.9. The Kier molecular flexibility index (Phi) is 2.28. The number of halogens is 1. The molecule has 0 atom stereocenters. The molecule has 0 fully saturated rings. The van der Waals surface area contributed by atoms with E-state index in [0.717, 1.165) is 0 Å². The first-order valence-electron chi connectivity index (χ1n) is 2.66. The van der Waals surface area contributed by atoms with E-state index < -0.39 is 5.78 Å². The number of aromatic nitrogens is 2. The van der Waals surface area contributed by atoms with Crippen molar-refractivity contribution in [2.45, 2.75) is 0 Å². The van der Waals surface area contributed by atoms with E-state index in [9.17, 15) is 4.79 Å². The van der Waals surface area contributed by atoms with Crippen LogP contribution in [0.2, 0.25) is 0 Å². The molecule has 0 saturated carbocycles. The van der Waals surface area contributed by atoms with Gasteiger partial charge in [-0.2, -0.15) is 5.26 Å². The molecule has 0 unspecified atom stereocenters. The van der Waals surface area contributed by atoms with Crippen LogP contribution in [0.25, 0.3) is 0 Å². The summed E-state index contributed by atoms with van der Waals surface area (Å²) in [5.41, 5.74) is 0. The summed E-state index contributed by atoms with van der Waals surface area (Å²) in [7, 11) is 0. The molecule has 1 aromatic heterocycles. The summed E-state index contributed by atoms with van der Waals surface area (Å²) in [4.78, 5) is 17.9. The van der Waals surface area contributed by atoms with Gasteiger partial charge >= 0.3 is 0 Å². The van der Waals surface area contributed by atoms with Crippen LogP contribution in [0.5, 0.6) is 0 Å². The molecule has 0 bridgehead atoms. The molecule has 1 aromatic rings. The second kappa shape index (κ2) is 3.21. The molecule has 0 spiro atoms. The summed E-state index contributed by atoms with van der Waals surface area (Å²) in [6.45, 7) is 0. The summed E-state index contributed by atoms with van der Waals surface area (Å²) >= 11 is 3.10. The molecule has 11 heavy (non-hydrogen) atoms. The van der Waals surface area contributed by atoms with E-state index in [0.29, 0.717) is 4.47 Å². The first kappa shape index (κ1) is 7.82. The number of nitriles is 1. The highest BCUT2D eigenvalue weighted by Crippen LogP contribution is 2.04. The minimum atomic E-state index is -0.725. The fourth-order valence-corrected chi connectivity index (χ4v) is 0.684. The summed E-state index contributed by atoms with van der Waals surface area (Å²) in [6.07, 6.45) is 2.83. The predicted molar refractivity (Wildman–Crippen MR) is 39.7 cm³/mol. The van der Waals surface area contributed by atoms with Crippen LogP contribution < -0.4 is 0 Å². The van der Waals surface area contributed by atoms with Crippen molar-refractivity contribution in [3.05, 3.63) is 22.7 Å². The molecule has 5 heteroatoms. The highest BCUT2D eigenvalue weighted by molar-refractivity contribution is 9.10. The summed E-state index contributed by atoms with van der Waals surface area (Å²) in [5, 5.41) is 8.17. The number of Topliss-reactive ketones (excluding diaryl/α,β-unsaturated/α-hetero) is 1. The average Bonchev–Trinajstić information content (AvgIpc) is 2.05. The Morgan fingerprint density at radius 3 is 2.55 bits per heavy atom. The minimum absolute atomic E-state index is 0.0734. The van der Waals surface area contributed by atoms with Gasteiger partial charge in [0, 0.05) is 12.4 Å². The predicted octanol–water partition coefficient (Wildman–Crippen LogP) is 0.945. The van der Waals surface area contributed by atoms with Gasteiger partial charge in [0.15, 0.2) is 0 Å². The molecule has 0 aliphatic carbocycles. The van der Waals surface area contributed by atoms with E-state index in [1.165, 1.54) is 18.5 Å². The second-order valence-corrected chi connectivity index (χ2v) is 2.58. The van der Waals surface area contributed by atoms with Crippen LogP contribution in [-0.4, -0.2) is 15.8 Å². The topological polar surface area (TPSA) is 66.6 Å². The average molecular weight is 212 g/mol. The Balaban J connectivity index is 3.01. The van der Waals surface area contributed by atoms with Crippen LogP contribution >= 0.6 is 15.9 Å². The maximum atomic E-state index is 10.6. The molecule has 0 aliphatic heterocycles. The van der Waals surface area contributed by atoms with E-state index in [2.05, 4.69) is 25.9 Å². The molecule has 0 aromatic carbocycles. The molecule has 4 nitrogen and oxygen atoms in total. The largest absolute Gasteiger partial charge is 0.299 e. The van der Waals surface area contributed by atoms with Gasteiger partial charge in [0.25, 0.3) is 5.78 Å². The zero-order chi connectivity index (χ0) is 8.27. The Labute approximate surface area is 71.0 Å². The fourth-order valence-electron chi connectivity index (χ4n) is 0.480. The molecular weight excluding hydrogens is 210 g/mol. The van der Waals surface area contributed by atoms with Gasteiger partial charge in [-0.05, 0) is 15.9 Å². The highest BCUT2D eigenvalue weighted by Gasteiger charge is 2.05. The molecule has 1 heterocycles. The lowest BCUT2D eigenvalue weighted by atomic mass is 10.4. The molecule has 0 N–H and O–H groups in total. The lowest BCUT2D eigenvalue weighted by Crippen LogP contribution is -2.01. The number of nitrogens with zero attached hydrogens (tertiary/aromatic N) is 3. The van der Waals surface area contributed by atoms with Crippen LogP contribution in [-0.2, 0) is 0 Å². The van der Waals surface area contributed by atoms with Gasteiger partial charge < -0.3 is 0 Å². The van der Waals surface area contributed by atoms with Crippen molar-refractivity contribution in [2.75, 3.05) is 0 Å². The van der Waals surface area contributed by atoms with Crippen molar-refractivity contribution < 1.29 is 4.79 Å². The van der Waals surface area contributed by atoms with Crippen molar-refractivity contribution in [1.82, 2.24) is 9.97 Å². The third kappa shape index (κ3) is 1.82. The van der Waals surface area contributed by atoms with Crippen molar-refractivity contribution in [3.8, 4) is 6.07 Å². The molecule has 0 saturated heterocycles. The second-order valence-electron chi connectivity index (χ2n) is 1.67. The van der Waals surface area contributed by atoms with Gasteiger partial charge in [0.1, 0.15) is 6.07 Å². The summed E-state index contributed by atoms with van der Waals surface area (Å²) < 4.78 is 0.673. The van der Waals surface area contributed by atoms with Crippen molar-refractivity contribution in [1.29, 1.82) is 5.26 Å². The quantitative estimate of drug-likeness (QED) is 0.513. The Bertz CT molecular complexity index is 314. The van der Waals surface area contributed by atoms with E-state index in [4.69, 9.17) is 5.26 Å². The van der Waals surface area contributed by atoms with Gasteiger partial charge in [-0.3, -0.25) is 4.79 Å². The molecule has 0 aliphatic rings. The summed E-state index contributed by atoms with van der Waals surface area (Å²) in [5.74, 6) is -0.798. The van der Waals surface area contributed by atoms with Gasteiger partial charge in [0.2, 0.25) is 5.82 Å². The smallest absolute Gasteiger partial charge is 0.273 e. The van der Waals surface area contributed by atoms with Gasteiger partial charge in [0.05, 0.1) is 4.47 Å². The van der Waals surface area contributed by atoms with Gasteiger partial charge in [-0.1, -0.05) is 0 Å². The zero-order valence-electron chi connectivity index (χ0n) is 5.28. The Morgan fingerprint density at radius 2 is 2.09 bits per heavy atom. The SMILES string of the molecule is N#CC(=O)c1ncc(Br)cn1. The van der Waals surface area contributed by atoms with Crippen LogP contribution in [0.4, 0.5) is 0 Å². The third-order valence-electron chi connectivity index (χ3n) is 0.925. The Hall–Kier alpha value is -1.28. The number of carbonyl (C=O) groups excluding carboxylic acids is 1. The fraction of sp³-hybridized carbons (Fsp3) is 0. The lowest BCUT2D eigenvalue weighted by molar-refractivity contribution is 0.104. The number of hydrogen-bond acceptors (Lipinski definition) is 4. The third-order valence-corrected chi connectivity index (χ3v) is 1.33. The summed E-state index contributed by atoms with van der Waals surface area (Å²) in [6, 6.07) is 1.42. The first-order chi connectivity index (χ1) is 5.24. The monoisotopic (exact) mass is 211 g/mol. The van der Waals surface area contributed by atoms with Gasteiger partial charge in [-0.25, -0.2) is 9.97 Å². The van der Waals surface area contributed by atoms with E-state index >= 15 is 0 Å². The number of carbonyl (C=O) groups is 1. The number of ketones is 1. The normalized spacial score (nSPS) is 8.73. The zero-order valence-corrected chi connectivity index (χ0v) is 6.87. The van der Waals surface area contributed by atoms with E-state index in [1.807, 2.05) is 0 Å². The van der Waals surface area contributed by atoms with E-state index in [-0.39, 0.29) is 5.82 Å². The first-order valence-corrected chi connectivity index (χ1v) is 3.45. The van der Waals surface area contributed by atoms with Crippen molar-refractivity contribution >= 4 is 21.7 Å². The molecule has 1 rings (SSSR count). The van der Waals surface area contributed by atoms with Gasteiger partial charge in [-0.15, -0.1) is 0 Å². The van der Waals surface area contributed by atoms with Crippen molar-refractivity contribution in [2.24, 2.45) is 0 Å². The standard InChI is InChI=1S/C6H2BrN3O/c7-4-2-9-6(10-3-4)5(11)1-8/h2-3H. The number of hydrogen-bond donors (Lipinski definition) is 0. The van der Waals surface area contributed by atoms with Crippen LogP contribution in [0.1, 0.15) is 10.6 Å². The maximum Gasteiger partial charge on any atom is 0.299 e. The van der Waals surface area contributed by atoms with E-state index in [1.54, 1.807) is 0 Å². The van der Waals surface area contributed by atoms with Crippen LogP contribution in [0.3, 0.4) is 0 Å². The minimum Gasteiger partial charge on any atom is -0.273 e. The van der Waals surface area contributed by atoms with Crippen molar-refractivity contribution in [3.63, 3.8) is 0 Å². The Morgan fingerprint density at radius 1 is 1.55 bits per heavy atom. The molecule has 0 radical (unpaired) electrons. The number of rotatable bonds is 1.